The first kappa shape index (κ1) is 13.5. The highest BCUT2D eigenvalue weighted by Gasteiger charge is 2.20. The van der Waals surface area contributed by atoms with Crippen LogP contribution in [0, 0.1) is 11.7 Å². The number of hydrogen-bond donors (Lipinski definition) is 1. The van der Waals surface area contributed by atoms with Crippen LogP contribution in [0.15, 0.2) is 24.3 Å². The molecule has 1 aliphatic rings. The van der Waals surface area contributed by atoms with Crippen molar-refractivity contribution >= 4 is 0 Å². The Kier molecular flexibility index (Phi) is 4.72. The molecule has 0 bridgehead atoms. The number of rotatable bonds is 4. The van der Waals surface area contributed by atoms with Gasteiger partial charge in [-0.2, -0.15) is 0 Å². The quantitative estimate of drug-likeness (QED) is 0.890. The van der Waals surface area contributed by atoms with Gasteiger partial charge >= 0.3 is 0 Å². The molecule has 1 aromatic carbocycles. The van der Waals surface area contributed by atoms with Crippen LogP contribution in [0.4, 0.5) is 4.39 Å². The van der Waals surface area contributed by atoms with Crippen molar-refractivity contribution in [2.45, 2.75) is 25.7 Å². The summed E-state index contributed by atoms with van der Waals surface area (Å²) in [5.74, 6) is 0.841. The van der Waals surface area contributed by atoms with E-state index in [1.54, 1.807) is 12.1 Å². The minimum atomic E-state index is -0.169. The monoisotopic (exact) mass is 250 g/mol. The molecule has 2 N–H and O–H groups in total. The molecule has 2 atom stereocenters. The van der Waals surface area contributed by atoms with Gasteiger partial charge in [0.2, 0.25) is 0 Å². The topological polar surface area (TPSA) is 29.3 Å². The van der Waals surface area contributed by atoms with Crippen molar-refractivity contribution in [3.8, 4) is 0 Å². The molecule has 3 heteroatoms. The summed E-state index contributed by atoms with van der Waals surface area (Å²) in [6.07, 6.45) is 2.59. The third kappa shape index (κ3) is 3.53. The molecular weight excluding hydrogens is 227 g/mol. The van der Waals surface area contributed by atoms with Crippen LogP contribution in [-0.4, -0.2) is 31.1 Å². The van der Waals surface area contributed by atoms with Crippen molar-refractivity contribution in [3.63, 3.8) is 0 Å². The number of halogens is 1. The maximum Gasteiger partial charge on any atom is 0.123 e. The zero-order chi connectivity index (χ0) is 13.0. The zero-order valence-electron chi connectivity index (χ0n) is 11.1. The summed E-state index contributed by atoms with van der Waals surface area (Å²) >= 11 is 0. The normalized spacial score (nSPS) is 22.9. The second-order valence-electron chi connectivity index (χ2n) is 5.49. The summed E-state index contributed by atoms with van der Waals surface area (Å²) in [5.41, 5.74) is 6.88. The Morgan fingerprint density at radius 2 is 2.33 bits per heavy atom. The maximum absolute atomic E-state index is 13.3. The van der Waals surface area contributed by atoms with E-state index in [0.717, 1.165) is 31.1 Å². The van der Waals surface area contributed by atoms with E-state index in [4.69, 9.17) is 5.73 Å². The van der Waals surface area contributed by atoms with Crippen molar-refractivity contribution in [3.05, 3.63) is 35.6 Å². The summed E-state index contributed by atoms with van der Waals surface area (Å²) in [5, 5.41) is 0. The first-order chi connectivity index (χ1) is 8.69. The van der Waals surface area contributed by atoms with Crippen LogP contribution in [0.1, 0.15) is 31.2 Å². The van der Waals surface area contributed by atoms with Gasteiger partial charge in [0.25, 0.3) is 0 Å². The summed E-state index contributed by atoms with van der Waals surface area (Å²) in [6.45, 7) is 6.12. The molecule has 2 unspecified atom stereocenters. The highest BCUT2D eigenvalue weighted by molar-refractivity contribution is 5.21. The van der Waals surface area contributed by atoms with E-state index in [0.29, 0.717) is 6.54 Å². The van der Waals surface area contributed by atoms with Crippen molar-refractivity contribution < 1.29 is 4.39 Å². The molecular formula is C15H23FN2. The highest BCUT2D eigenvalue weighted by atomic mass is 19.1. The lowest BCUT2D eigenvalue weighted by Gasteiger charge is -2.33. The highest BCUT2D eigenvalue weighted by Crippen LogP contribution is 2.21. The molecule has 1 aliphatic heterocycles. The van der Waals surface area contributed by atoms with E-state index in [1.807, 2.05) is 6.07 Å². The summed E-state index contributed by atoms with van der Waals surface area (Å²) in [6, 6.07) is 6.85. The second kappa shape index (κ2) is 6.30. The Balaban J connectivity index is 2.00. The number of nitrogens with zero attached hydrogens (tertiary/aromatic N) is 1. The Morgan fingerprint density at radius 3 is 3.00 bits per heavy atom. The fraction of sp³-hybridized carbons (Fsp3) is 0.600. The molecule has 0 radical (unpaired) electrons. The van der Waals surface area contributed by atoms with Crippen LogP contribution in [0.5, 0.6) is 0 Å². The molecule has 1 fully saturated rings. The average Bonchev–Trinajstić information content (AvgIpc) is 2.36. The lowest BCUT2D eigenvalue weighted by Crippen LogP contribution is -2.38. The van der Waals surface area contributed by atoms with Gasteiger partial charge in [-0.3, -0.25) is 0 Å². The van der Waals surface area contributed by atoms with Gasteiger partial charge in [-0.25, -0.2) is 4.39 Å². The fourth-order valence-corrected chi connectivity index (χ4v) is 2.84. The molecule has 18 heavy (non-hydrogen) atoms. The molecule has 2 nitrogen and oxygen atoms in total. The predicted molar refractivity (Wildman–Crippen MR) is 73.0 cm³/mol. The van der Waals surface area contributed by atoms with Gasteiger partial charge in [-0.15, -0.1) is 0 Å². The third-order valence-corrected chi connectivity index (χ3v) is 3.82. The first-order valence-electron chi connectivity index (χ1n) is 6.87. The van der Waals surface area contributed by atoms with Crippen LogP contribution in [-0.2, 0) is 0 Å². The summed E-state index contributed by atoms with van der Waals surface area (Å²) in [7, 11) is 0. The van der Waals surface area contributed by atoms with Crippen LogP contribution in [0.2, 0.25) is 0 Å². The molecule has 0 spiro atoms. The molecule has 0 saturated carbocycles. The van der Waals surface area contributed by atoms with Crippen molar-refractivity contribution in [2.75, 3.05) is 26.2 Å². The summed E-state index contributed by atoms with van der Waals surface area (Å²) in [4.78, 5) is 2.47. The van der Waals surface area contributed by atoms with Crippen molar-refractivity contribution in [2.24, 2.45) is 11.7 Å². The molecule has 1 heterocycles. The minimum Gasteiger partial charge on any atom is -0.330 e. The summed E-state index contributed by atoms with van der Waals surface area (Å²) < 4.78 is 13.3. The molecule has 2 rings (SSSR count). The van der Waals surface area contributed by atoms with Crippen LogP contribution >= 0.6 is 0 Å². The van der Waals surface area contributed by atoms with Gasteiger partial charge in [0.15, 0.2) is 0 Å². The van der Waals surface area contributed by atoms with Gasteiger partial charge in [0.1, 0.15) is 5.82 Å². The lowest BCUT2D eigenvalue weighted by atomic mass is 9.95. The van der Waals surface area contributed by atoms with Gasteiger partial charge in [-0.05, 0) is 43.0 Å². The van der Waals surface area contributed by atoms with E-state index in [9.17, 15) is 4.39 Å². The number of hydrogen-bond acceptors (Lipinski definition) is 2. The van der Waals surface area contributed by atoms with Crippen molar-refractivity contribution in [1.29, 1.82) is 0 Å². The van der Waals surface area contributed by atoms with E-state index in [-0.39, 0.29) is 11.7 Å². The smallest absolute Gasteiger partial charge is 0.123 e. The zero-order valence-corrected chi connectivity index (χ0v) is 11.1. The Morgan fingerprint density at radius 1 is 1.50 bits per heavy atom. The average molecular weight is 250 g/mol. The fourth-order valence-electron chi connectivity index (χ4n) is 2.84. The number of benzene rings is 1. The molecule has 1 aromatic rings. The van der Waals surface area contributed by atoms with Gasteiger partial charge < -0.3 is 10.6 Å². The first-order valence-corrected chi connectivity index (χ1v) is 6.87. The van der Waals surface area contributed by atoms with Gasteiger partial charge in [-0.1, -0.05) is 19.1 Å². The van der Waals surface area contributed by atoms with Crippen LogP contribution in [0.3, 0.4) is 0 Å². The van der Waals surface area contributed by atoms with Gasteiger partial charge in [0, 0.05) is 25.6 Å². The standard InChI is InChI=1S/C15H23FN2/c1-12-4-3-7-18(10-12)11-14(9-17)13-5-2-6-15(16)8-13/h2,5-6,8,12,14H,3-4,7,9-11,17H2,1H3. The minimum absolute atomic E-state index is 0.169. The molecule has 0 amide bonds. The van der Waals surface area contributed by atoms with E-state index >= 15 is 0 Å². The Labute approximate surface area is 109 Å². The molecule has 0 aliphatic carbocycles. The van der Waals surface area contributed by atoms with E-state index in [2.05, 4.69) is 11.8 Å². The predicted octanol–water partition coefficient (Wildman–Crippen LogP) is 2.60. The molecule has 1 saturated heterocycles. The lowest BCUT2D eigenvalue weighted by molar-refractivity contribution is 0.175. The second-order valence-corrected chi connectivity index (χ2v) is 5.49. The van der Waals surface area contributed by atoms with E-state index in [1.165, 1.54) is 18.9 Å². The Hall–Kier alpha value is -0.930. The van der Waals surface area contributed by atoms with Crippen LogP contribution in [0.25, 0.3) is 0 Å². The number of nitrogens with two attached hydrogens (primary N) is 1. The number of piperidine rings is 1. The van der Waals surface area contributed by atoms with Crippen molar-refractivity contribution in [1.82, 2.24) is 4.90 Å². The Bertz CT molecular complexity index is 381. The number of likely N-dealkylation sites (tertiary alicyclic amines) is 1. The van der Waals surface area contributed by atoms with Gasteiger partial charge in [0.05, 0.1) is 0 Å². The maximum atomic E-state index is 13.3. The molecule has 100 valence electrons. The SMILES string of the molecule is CC1CCCN(CC(CN)c2cccc(F)c2)C1. The third-order valence-electron chi connectivity index (χ3n) is 3.82. The largest absolute Gasteiger partial charge is 0.330 e. The van der Waals surface area contributed by atoms with Crippen LogP contribution < -0.4 is 5.73 Å². The van der Waals surface area contributed by atoms with E-state index < -0.39 is 0 Å². The molecule has 0 aromatic heterocycles.